The first-order chi connectivity index (χ1) is 12.1. The first-order valence-electron chi connectivity index (χ1n) is 9.48. The van der Waals surface area contributed by atoms with Gasteiger partial charge >= 0.3 is 0 Å². The Morgan fingerprint density at radius 3 is 2.76 bits per heavy atom. The van der Waals surface area contributed by atoms with Crippen LogP contribution in [0.15, 0.2) is 18.2 Å². The Labute approximate surface area is 150 Å². The quantitative estimate of drug-likeness (QED) is 0.856. The number of rotatable bonds is 6. The summed E-state index contributed by atoms with van der Waals surface area (Å²) in [6.07, 6.45) is 4.35. The maximum Gasteiger partial charge on any atom is 0.161 e. The monoisotopic (exact) mass is 349 g/mol. The van der Waals surface area contributed by atoms with E-state index in [9.17, 15) is 5.11 Å². The SMILES string of the molecule is CCCOc1ccc(CN2CCC3(CC2)CC(O)CCO3)cc1OC. The van der Waals surface area contributed by atoms with Gasteiger partial charge in [0.1, 0.15) is 0 Å². The molecule has 2 fully saturated rings. The van der Waals surface area contributed by atoms with Crippen LogP contribution in [0.4, 0.5) is 0 Å². The normalized spacial score (nSPS) is 23.6. The molecule has 0 aliphatic carbocycles. The number of ether oxygens (including phenoxy) is 3. The molecule has 1 aromatic carbocycles. The Balaban J connectivity index is 1.56. The lowest BCUT2D eigenvalue weighted by Crippen LogP contribution is -2.50. The highest BCUT2D eigenvalue weighted by atomic mass is 16.5. The van der Waals surface area contributed by atoms with Gasteiger partial charge in [-0.05, 0) is 43.4 Å². The lowest BCUT2D eigenvalue weighted by Gasteiger charge is -2.45. The summed E-state index contributed by atoms with van der Waals surface area (Å²) < 4.78 is 17.3. The average Bonchev–Trinajstić information content (AvgIpc) is 2.62. The summed E-state index contributed by atoms with van der Waals surface area (Å²) in [5, 5.41) is 9.95. The number of piperidine rings is 1. The number of aliphatic hydroxyl groups is 1. The van der Waals surface area contributed by atoms with Crippen molar-refractivity contribution >= 4 is 0 Å². The van der Waals surface area contributed by atoms with E-state index in [4.69, 9.17) is 14.2 Å². The van der Waals surface area contributed by atoms with Crippen LogP contribution in [0.1, 0.15) is 44.6 Å². The third-order valence-electron chi connectivity index (χ3n) is 5.33. The highest BCUT2D eigenvalue weighted by Gasteiger charge is 2.39. The van der Waals surface area contributed by atoms with Crippen molar-refractivity contribution in [3.05, 3.63) is 23.8 Å². The lowest BCUT2D eigenvalue weighted by atomic mass is 9.83. The molecule has 5 heteroatoms. The molecule has 2 heterocycles. The van der Waals surface area contributed by atoms with E-state index in [0.717, 1.165) is 63.2 Å². The van der Waals surface area contributed by atoms with Crippen molar-refractivity contribution in [2.24, 2.45) is 0 Å². The molecule has 2 aliphatic rings. The van der Waals surface area contributed by atoms with Gasteiger partial charge in [0.25, 0.3) is 0 Å². The number of nitrogens with zero attached hydrogens (tertiary/aromatic N) is 1. The van der Waals surface area contributed by atoms with Crippen molar-refractivity contribution in [3.8, 4) is 11.5 Å². The van der Waals surface area contributed by atoms with Crippen LogP contribution < -0.4 is 9.47 Å². The number of likely N-dealkylation sites (tertiary alicyclic amines) is 1. The number of hydrogen-bond donors (Lipinski definition) is 1. The predicted molar refractivity (Wildman–Crippen MR) is 97.2 cm³/mol. The first kappa shape index (κ1) is 18.5. The molecule has 0 aromatic heterocycles. The largest absolute Gasteiger partial charge is 0.493 e. The summed E-state index contributed by atoms with van der Waals surface area (Å²) >= 11 is 0. The zero-order valence-electron chi connectivity index (χ0n) is 15.5. The van der Waals surface area contributed by atoms with Crippen LogP contribution in [0.5, 0.6) is 11.5 Å². The third-order valence-corrected chi connectivity index (χ3v) is 5.33. The molecule has 5 nitrogen and oxygen atoms in total. The van der Waals surface area contributed by atoms with Gasteiger partial charge in [-0.3, -0.25) is 4.90 Å². The molecular weight excluding hydrogens is 318 g/mol. The summed E-state index contributed by atoms with van der Waals surface area (Å²) in [4.78, 5) is 2.46. The molecule has 0 bridgehead atoms. The van der Waals surface area contributed by atoms with Gasteiger partial charge < -0.3 is 19.3 Å². The van der Waals surface area contributed by atoms with E-state index >= 15 is 0 Å². The number of aliphatic hydroxyl groups excluding tert-OH is 1. The minimum atomic E-state index is -0.194. The zero-order valence-corrected chi connectivity index (χ0v) is 15.5. The number of hydrogen-bond acceptors (Lipinski definition) is 5. The standard InChI is InChI=1S/C20H31NO4/c1-3-11-24-18-5-4-16(13-19(18)23-2)15-21-9-7-20(8-10-21)14-17(22)6-12-25-20/h4-5,13,17,22H,3,6-12,14-15H2,1-2H3. The van der Waals surface area contributed by atoms with Gasteiger partial charge in [0, 0.05) is 32.7 Å². The Kier molecular flexibility index (Phi) is 6.20. The fraction of sp³-hybridized carbons (Fsp3) is 0.700. The molecule has 140 valence electrons. The van der Waals surface area contributed by atoms with Gasteiger partial charge in [-0.1, -0.05) is 13.0 Å². The Bertz CT molecular complexity index is 555. The average molecular weight is 349 g/mol. The summed E-state index contributed by atoms with van der Waals surface area (Å²) in [5.74, 6) is 1.62. The molecule has 0 amide bonds. The van der Waals surface area contributed by atoms with Crippen LogP contribution in [0.3, 0.4) is 0 Å². The Morgan fingerprint density at radius 1 is 1.28 bits per heavy atom. The van der Waals surface area contributed by atoms with Crippen molar-refractivity contribution in [1.82, 2.24) is 4.90 Å². The van der Waals surface area contributed by atoms with Crippen molar-refractivity contribution < 1.29 is 19.3 Å². The molecule has 1 aromatic rings. The predicted octanol–water partition coefficient (Wildman–Crippen LogP) is 2.99. The molecule has 2 aliphatic heterocycles. The van der Waals surface area contributed by atoms with Gasteiger partial charge in [0.15, 0.2) is 11.5 Å². The smallest absolute Gasteiger partial charge is 0.161 e. The summed E-state index contributed by atoms with van der Waals surface area (Å²) in [6.45, 7) is 6.40. The van der Waals surface area contributed by atoms with Gasteiger partial charge in [-0.15, -0.1) is 0 Å². The first-order valence-corrected chi connectivity index (χ1v) is 9.48. The fourth-order valence-electron chi connectivity index (χ4n) is 3.87. The second kappa shape index (κ2) is 8.39. The van der Waals surface area contributed by atoms with Crippen LogP contribution in [0, 0.1) is 0 Å². The van der Waals surface area contributed by atoms with Crippen molar-refractivity contribution in [3.63, 3.8) is 0 Å². The van der Waals surface area contributed by atoms with Gasteiger partial charge in [-0.25, -0.2) is 0 Å². The van der Waals surface area contributed by atoms with E-state index < -0.39 is 0 Å². The Morgan fingerprint density at radius 2 is 2.08 bits per heavy atom. The number of methoxy groups -OCH3 is 1. The van der Waals surface area contributed by atoms with Crippen molar-refractivity contribution in [2.45, 2.75) is 57.3 Å². The van der Waals surface area contributed by atoms with Crippen molar-refractivity contribution in [1.29, 1.82) is 0 Å². The highest BCUT2D eigenvalue weighted by molar-refractivity contribution is 5.43. The van der Waals surface area contributed by atoms with E-state index in [1.807, 2.05) is 6.07 Å². The van der Waals surface area contributed by atoms with Gasteiger partial charge in [-0.2, -0.15) is 0 Å². The topological polar surface area (TPSA) is 51.2 Å². The molecular formula is C20H31NO4. The maximum absolute atomic E-state index is 9.95. The molecule has 1 atom stereocenters. The third kappa shape index (κ3) is 4.66. The van der Waals surface area contributed by atoms with Crippen LogP contribution in [0.2, 0.25) is 0 Å². The lowest BCUT2D eigenvalue weighted by molar-refractivity contribution is -0.143. The molecule has 1 unspecified atom stereocenters. The van der Waals surface area contributed by atoms with Gasteiger partial charge in [0.05, 0.1) is 25.4 Å². The van der Waals surface area contributed by atoms with Gasteiger partial charge in [0.2, 0.25) is 0 Å². The van der Waals surface area contributed by atoms with E-state index in [0.29, 0.717) is 13.2 Å². The highest BCUT2D eigenvalue weighted by Crippen LogP contribution is 2.36. The molecule has 2 saturated heterocycles. The summed E-state index contributed by atoms with van der Waals surface area (Å²) in [5.41, 5.74) is 1.14. The number of benzene rings is 1. The van der Waals surface area contributed by atoms with E-state index in [1.54, 1.807) is 7.11 Å². The fourth-order valence-corrected chi connectivity index (χ4v) is 3.87. The minimum Gasteiger partial charge on any atom is -0.493 e. The van der Waals surface area contributed by atoms with Crippen LogP contribution in [-0.2, 0) is 11.3 Å². The molecule has 25 heavy (non-hydrogen) atoms. The summed E-state index contributed by atoms with van der Waals surface area (Å²) in [7, 11) is 1.69. The van der Waals surface area contributed by atoms with Crippen molar-refractivity contribution in [2.75, 3.05) is 33.4 Å². The molecule has 3 rings (SSSR count). The van der Waals surface area contributed by atoms with Crippen LogP contribution in [-0.4, -0.2) is 55.1 Å². The summed E-state index contributed by atoms with van der Waals surface area (Å²) in [6, 6.07) is 6.21. The van der Waals surface area contributed by atoms with Crippen LogP contribution in [0.25, 0.3) is 0 Å². The Hall–Kier alpha value is -1.30. The molecule has 1 N–H and O–H groups in total. The molecule has 0 radical (unpaired) electrons. The van der Waals surface area contributed by atoms with E-state index in [1.165, 1.54) is 5.56 Å². The second-order valence-electron chi connectivity index (χ2n) is 7.29. The maximum atomic E-state index is 9.95. The minimum absolute atomic E-state index is 0.0935. The van der Waals surface area contributed by atoms with E-state index in [-0.39, 0.29) is 11.7 Å². The molecule has 0 saturated carbocycles. The zero-order chi connectivity index (χ0) is 17.7. The van der Waals surface area contributed by atoms with E-state index in [2.05, 4.69) is 24.0 Å². The molecule has 1 spiro atoms. The van der Waals surface area contributed by atoms with Crippen LogP contribution >= 0.6 is 0 Å². The second-order valence-corrected chi connectivity index (χ2v) is 7.29.